The van der Waals surface area contributed by atoms with Gasteiger partial charge >= 0.3 is 0 Å². The van der Waals surface area contributed by atoms with Gasteiger partial charge in [0, 0.05) is 18.5 Å². The van der Waals surface area contributed by atoms with Crippen molar-refractivity contribution >= 4 is 5.91 Å². The van der Waals surface area contributed by atoms with Crippen LogP contribution in [0.3, 0.4) is 0 Å². The molecule has 1 fully saturated rings. The summed E-state index contributed by atoms with van der Waals surface area (Å²) in [6, 6.07) is 1.09. The Labute approximate surface area is 112 Å². The zero-order valence-corrected chi connectivity index (χ0v) is 12.3. The molecule has 0 aromatic rings. The fraction of sp³-hybridized carbons (Fsp3) is 0.933. The zero-order valence-electron chi connectivity index (χ0n) is 12.3. The lowest BCUT2D eigenvalue weighted by Gasteiger charge is -2.30. The maximum atomic E-state index is 11.8. The van der Waals surface area contributed by atoms with Gasteiger partial charge in [-0.2, -0.15) is 0 Å². The maximum absolute atomic E-state index is 11.8. The molecule has 0 saturated heterocycles. The lowest BCUT2D eigenvalue weighted by atomic mass is 9.91. The first kappa shape index (κ1) is 15.5. The van der Waals surface area contributed by atoms with Crippen molar-refractivity contribution in [1.82, 2.24) is 10.6 Å². The first-order chi connectivity index (χ1) is 8.65. The molecule has 0 radical (unpaired) electrons. The smallest absolute Gasteiger partial charge is 0.220 e. The van der Waals surface area contributed by atoms with E-state index in [9.17, 15) is 4.79 Å². The molecular weight excluding hydrogens is 224 g/mol. The average molecular weight is 254 g/mol. The van der Waals surface area contributed by atoms with Crippen molar-refractivity contribution in [2.24, 2.45) is 5.92 Å². The van der Waals surface area contributed by atoms with E-state index in [1.165, 1.54) is 19.3 Å². The van der Waals surface area contributed by atoms with Crippen molar-refractivity contribution in [2.45, 2.75) is 77.8 Å². The lowest BCUT2D eigenvalue weighted by molar-refractivity contribution is -0.122. The Kier molecular flexibility index (Phi) is 7.33. The van der Waals surface area contributed by atoms with Gasteiger partial charge in [0.05, 0.1) is 0 Å². The zero-order chi connectivity index (χ0) is 13.4. The minimum Gasteiger partial charge on any atom is -0.353 e. The summed E-state index contributed by atoms with van der Waals surface area (Å²) in [5.41, 5.74) is 0. The first-order valence-corrected chi connectivity index (χ1v) is 7.68. The largest absolute Gasteiger partial charge is 0.353 e. The molecule has 0 heterocycles. The van der Waals surface area contributed by atoms with E-state index in [4.69, 9.17) is 0 Å². The van der Waals surface area contributed by atoms with Crippen LogP contribution < -0.4 is 10.6 Å². The van der Waals surface area contributed by atoms with Crippen molar-refractivity contribution in [2.75, 3.05) is 6.54 Å². The van der Waals surface area contributed by atoms with Crippen molar-refractivity contribution in [3.8, 4) is 0 Å². The second-order valence-corrected chi connectivity index (χ2v) is 5.79. The molecule has 1 aliphatic carbocycles. The Balaban J connectivity index is 2.16. The van der Waals surface area contributed by atoms with E-state index in [1.54, 1.807) is 0 Å². The highest BCUT2D eigenvalue weighted by atomic mass is 16.1. The molecule has 1 amide bonds. The number of carbonyl (C=O) groups is 1. The van der Waals surface area contributed by atoms with Gasteiger partial charge in [-0.05, 0) is 44.6 Å². The van der Waals surface area contributed by atoms with Gasteiger partial charge < -0.3 is 10.6 Å². The highest BCUT2D eigenvalue weighted by Gasteiger charge is 2.22. The molecule has 0 aromatic heterocycles. The summed E-state index contributed by atoms with van der Waals surface area (Å²) in [6.45, 7) is 7.61. The van der Waals surface area contributed by atoms with Crippen LogP contribution in [0.15, 0.2) is 0 Å². The normalized spacial score (nSPS) is 25.7. The van der Waals surface area contributed by atoms with Gasteiger partial charge in [0.2, 0.25) is 5.91 Å². The number of hydrogen-bond acceptors (Lipinski definition) is 2. The number of amides is 1. The SMILES string of the molecule is CCCNC1CCC(NC(=O)CC(C)CC)CC1. The van der Waals surface area contributed by atoms with E-state index < -0.39 is 0 Å². The summed E-state index contributed by atoms with van der Waals surface area (Å²) < 4.78 is 0. The molecule has 0 aromatic carbocycles. The molecule has 0 spiro atoms. The van der Waals surface area contributed by atoms with Gasteiger partial charge in [0.25, 0.3) is 0 Å². The predicted molar refractivity (Wildman–Crippen MR) is 76.6 cm³/mol. The van der Waals surface area contributed by atoms with Gasteiger partial charge in [0.1, 0.15) is 0 Å². The molecule has 1 rings (SSSR count). The third-order valence-electron chi connectivity index (χ3n) is 4.01. The fourth-order valence-electron chi connectivity index (χ4n) is 2.54. The second-order valence-electron chi connectivity index (χ2n) is 5.79. The molecule has 1 aliphatic rings. The second kappa shape index (κ2) is 8.52. The number of rotatable bonds is 7. The topological polar surface area (TPSA) is 41.1 Å². The number of nitrogens with one attached hydrogen (secondary N) is 2. The molecule has 0 bridgehead atoms. The molecule has 3 nitrogen and oxygen atoms in total. The standard InChI is InChI=1S/C15H30N2O/c1-4-10-16-13-6-8-14(9-7-13)17-15(18)11-12(3)5-2/h12-14,16H,4-11H2,1-3H3,(H,17,18). The summed E-state index contributed by atoms with van der Waals surface area (Å²) in [6.07, 6.45) is 7.64. The molecule has 1 unspecified atom stereocenters. The molecule has 2 N–H and O–H groups in total. The summed E-state index contributed by atoms with van der Waals surface area (Å²) >= 11 is 0. The van der Waals surface area contributed by atoms with Crippen molar-refractivity contribution < 1.29 is 4.79 Å². The highest BCUT2D eigenvalue weighted by molar-refractivity contribution is 5.76. The summed E-state index contributed by atoms with van der Waals surface area (Å²) in [5, 5.41) is 6.77. The first-order valence-electron chi connectivity index (χ1n) is 7.68. The summed E-state index contributed by atoms with van der Waals surface area (Å²) in [4.78, 5) is 11.8. The molecule has 0 aliphatic heterocycles. The molecule has 106 valence electrons. The van der Waals surface area contributed by atoms with Crippen LogP contribution in [0.5, 0.6) is 0 Å². The van der Waals surface area contributed by atoms with Gasteiger partial charge in [-0.1, -0.05) is 27.2 Å². The Hall–Kier alpha value is -0.570. The van der Waals surface area contributed by atoms with Crippen LogP contribution in [0.4, 0.5) is 0 Å². The summed E-state index contributed by atoms with van der Waals surface area (Å²) in [5.74, 6) is 0.752. The Morgan fingerprint density at radius 1 is 1.17 bits per heavy atom. The van der Waals surface area contributed by atoms with Gasteiger partial charge in [-0.15, -0.1) is 0 Å². The van der Waals surface area contributed by atoms with Crippen LogP contribution in [0.1, 0.15) is 65.7 Å². The van der Waals surface area contributed by atoms with E-state index in [-0.39, 0.29) is 5.91 Å². The van der Waals surface area contributed by atoms with Crippen LogP contribution in [-0.4, -0.2) is 24.5 Å². The van der Waals surface area contributed by atoms with Crippen LogP contribution in [0.2, 0.25) is 0 Å². The van der Waals surface area contributed by atoms with Crippen LogP contribution in [-0.2, 0) is 4.79 Å². The minimum atomic E-state index is 0.245. The van der Waals surface area contributed by atoms with Crippen molar-refractivity contribution in [3.63, 3.8) is 0 Å². The summed E-state index contributed by atoms with van der Waals surface area (Å²) in [7, 11) is 0. The number of hydrogen-bond donors (Lipinski definition) is 2. The van der Waals surface area contributed by atoms with E-state index in [0.717, 1.165) is 25.8 Å². The average Bonchev–Trinajstić information content (AvgIpc) is 2.37. The molecular formula is C15H30N2O. The van der Waals surface area contributed by atoms with E-state index in [0.29, 0.717) is 24.4 Å². The van der Waals surface area contributed by atoms with Gasteiger partial charge in [-0.25, -0.2) is 0 Å². The monoisotopic (exact) mass is 254 g/mol. The van der Waals surface area contributed by atoms with Gasteiger partial charge in [0.15, 0.2) is 0 Å². The molecule has 1 atom stereocenters. The van der Waals surface area contributed by atoms with E-state index >= 15 is 0 Å². The van der Waals surface area contributed by atoms with Crippen molar-refractivity contribution in [3.05, 3.63) is 0 Å². The Bertz CT molecular complexity index is 235. The van der Waals surface area contributed by atoms with Crippen LogP contribution in [0, 0.1) is 5.92 Å². The fourth-order valence-corrected chi connectivity index (χ4v) is 2.54. The Morgan fingerprint density at radius 3 is 2.33 bits per heavy atom. The van der Waals surface area contributed by atoms with Crippen LogP contribution in [0.25, 0.3) is 0 Å². The van der Waals surface area contributed by atoms with Crippen molar-refractivity contribution in [1.29, 1.82) is 0 Å². The number of carbonyl (C=O) groups excluding carboxylic acids is 1. The molecule has 18 heavy (non-hydrogen) atoms. The molecule has 1 saturated carbocycles. The van der Waals surface area contributed by atoms with E-state index in [1.807, 2.05) is 0 Å². The van der Waals surface area contributed by atoms with E-state index in [2.05, 4.69) is 31.4 Å². The lowest BCUT2D eigenvalue weighted by Crippen LogP contribution is -2.42. The molecule has 3 heteroatoms. The third-order valence-corrected chi connectivity index (χ3v) is 4.01. The quantitative estimate of drug-likeness (QED) is 0.733. The Morgan fingerprint density at radius 2 is 1.78 bits per heavy atom. The maximum Gasteiger partial charge on any atom is 0.220 e. The third kappa shape index (κ3) is 5.85. The van der Waals surface area contributed by atoms with Gasteiger partial charge in [-0.3, -0.25) is 4.79 Å². The van der Waals surface area contributed by atoms with Crippen LogP contribution >= 0.6 is 0 Å². The minimum absolute atomic E-state index is 0.245. The predicted octanol–water partition coefficient (Wildman–Crippen LogP) is 2.85. The highest BCUT2D eigenvalue weighted by Crippen LogP contribution is 2.19.